The van der Waals surface area contributed by atoms with Crippen LogP contribution in [0.15, 0.2) is 36.3 Å². The molecule has 0 aliphatic rings. The molecule has 0 aliphatic carbocycles. The maximum Gasteiger partial charge on any atom is 0.128 e. The third-order valence-corrected chi connectivity index (χ3v) is 1.80. The molecule has 2 N–H and O–H groups in total. The van der Waals surface area contributed by atoms with E-state index in [9.17, 15) is 0 Å². The lowest BCUT2D eigenvalue weighted by Gasteiger charge is -2.01. The van der Waals surface area contributed by atoms with E-state index in [1.165, 1.54) is 6.26 Å². The highest BCUT2D eigenvalue weighted by Gasteiger charge is 1.93. The monoisotopic (exact) mass is 194 g/mol. The van der Waals surface area contributed by atoms with Gasteiger partial charge in [0.1, 0.15) is 17.8 Å². The fourth-order valence-electron chi connectivity index (χ4n) is 0.893. The summed E-state index contributed by atoms with van der Waals surface area (Å²) in [5, 5.41) is 17.9. The van der Waals surface area contributed by atoms with Gasteiger partial charge in [0.05, 0.1) is 6.61 Å². The number of hydrogen-bond donors (Lipinski definition) is 2. The predicted molar refractivity (Wildman–Crippen MR) is 54.0 cm³/mol. The van der Waals surface area contributed by atoms with Gasteiger partial charge in [-0.1, -0.05) is 19.1 Å². The zero-order chi connectivity index (χ0) is 10.4. The first-order chi connectivity index (χ1) is 6.76. The van der Waals surface area contributed by atoms with Crippen LogP contribution in [0, 0.1) is 0 Å². The minimum atomic E-state index is 0.0241. The molecule has 0 aromatic heterocycles. The number of ether oxygens (including phenoxy) is 1. The van der Waals surface area contributed by atoms with E-state index in [0.29, 0.717) is 12.2 Å². The van der Waals surface area contributed by atoms with Gasteiger partial charge in [-0.05, 0) is 17.7 Å². The molecule has 1 aromatic carbocycles. The Bertz CT molecular complexity index is 301. The third kappa shape index (κ3) is 3.11. The van der Waals surface area contributed by atoms with Crippen LogP contribution in [0.3, 0.4) is 0 Å². The molecule has 0 atom stereocenters. The maximum atomic E-state index is 9.12. The lowest BCUT2D eigenvalue weighted by molar-refractivity contribution is 0.281. The normalized spacial score (nSPS) is 11.4. The van der Waals surface area contributed by atoms with Crippen LogP contribution in [0.2, 0.25) is 0 Å². The van der Waals surface area contributed by atoms with Crippen LogP contribution < -0.4 is 4.74 Å². The van der Waals surface area contributed by atoms with E-state index in [4.69, 9.17) is 14.9 Å². The van der Waals surface area contributed by atoms with Crippen molar-refractivity contribution in [2.24, 2.45) is 0 Å². The van der Waals surface area contributed by atoms with Gasteiger partial charge in [0.15, 0.2) is 0 Å². The highest BCUT2D eigenvalue weighted by molar-refractivity contribution is 5.27. The molecule has 3 heteroatoms. The lowest BCUT2D eigenvalue weighted by Crippen LogP contribution is -1.87. The van der Waals surface area contributed by atoms with E-state index < -0.39 is 0 Å². The molecule has 0 saturated heterocycles. The van der Waals surface area contributed by atoms with Crippen LogP contribution in [0.1, 0.15) is 18.9 Å². The van der Waals surface area contributed by atoms with E-state index >= 15 is 0 Å². The Balaban J connectivity index is 2.60. The minimum absolute atomic E-state index is 0.0241. The van der Waals surface area contributed by atoms with Crippen LogP contribution >= 0.6 is 0 Å². The van der Waals surface area contributed by atoms with Gasteiger partial charge in [0, 0.05) is 6.42 Å². The molecule has 0 saturated carbocycles. The number of rotatable bonds is 4. The highest BCUT2D eigenvalue weighted by Crippen LogP contribution is 2.13. The Morgan fingerprint density at radius 1 is 1.36 bits per heavy atom. The van der Waals surface area contributed by atoms with Crippen LogP contribution in [0.5, 0.6) is 5.75 Å². The number of benzene rings is 1. The van der Waals surface area contributed by atoms with Gasteiger partial charge in [-0.25, -0.2) is 0 Å². The summed E-state index contributed by atoms with van der Waals surface area (Å²) < 4.78 is 5.16. The SMILES string of the molecule is CCC(O)=COc1ccc(CO)cc1. The molecule has 0 unspecified atom stereocenters. The van der Waals surface area contributed by atoms with Crippen LogP contribution in [0.4, 0.5) is 0 Å². The smallest absolute Gasteiger partial charge is 0.128 e. The molecule has 1 rings (SSSR count). The molecule has 14 heavy (non-hydrogen) atoms. The predicted octanol–water partition coefficient (Wildman–Crippen LogP) is 2.37. The number of aliphatic hydroxyl groups excluding tert-OH is 2. The topological polar surface area (TPSA) is 49.7 Å². The third-order valence-electron chi connectivity index (χ3n) is 1.80. The first-order valence-electron chi connectivity index (χ1n) is 4.50. The van der Waals surface area contributed by atoms with Crippen molar-refractivity contribution in [3.05, 3.63) is 41.9 Å². The van der Waals surface area contributed by atoms with Gasteiger partial charge in [0.2, 0.25) is 0 Å². The Labute approximate surface area is 83.3 Å². The average Bonchev–Trinajstić information content (AvgIpc) is 2.26. The molecular weight excluding hydrogens is 180 g/mol. The summed E-state index contributed by atoms with van der Waals surface area (Å²) in [5.74, 6) is 0.846. The van der Waals surface area contributed by atoms with Gasteiger partial charge in [-0.15, -0.1) is 0 Å². The van der Waals surface area contributed by atoms with Crippen molar-refractivity contribution in [3.63, 3.8) is 0 Å². The Morgan fingerprint density at radius 2 is 2.00 bits per heavy atom. The highest BCUT2D eigenvalue weighted by atomic mass is 16.5. The molecule has 0 aliphatic heterocycles. The van der Waals surface area contributed by atoms with Crippen molar-refractivity contribution in [2.75, 3.05) is 0 Å². The van der Waals surface area contributed by atoms with Crippen molar-refractivity contribution < 1.29 is 14.9 Å². The Morgan fingerprint density at radius 3 is 2.50 bits per heavy atom. The van der Waals surface area contributed by atoms with E-state index in [2.05, 4.69) is 0 Å². The first kappa shape index (κ1) is 10.6. The van der Waals surface area contributed by atoms with E-state index in [1.807, 2.05) is 6.92 Å². The van der Waals surface area contributed by atoms with Crippen LogP contribution in [0.25, 0.3) is 0 Å². The van der Waals surface area contributed by atoms with Crippen LogP contribution in [-0.4, -0.2) is 10.2 Å². The molecule has 0 amide bonds. The van der Waals surface area contributed by atoms with Crippen molar-refractivity contribution >= 4 is 0 Å². The number of allylic oxidation sites excluding steroid dienone is 1. The summed E-state index contributed by atoms with van der Waals surface area (Å²) in [4.78, 5) is 0. The molecule has 0 spiro atoms. The molecule has 76 valence electrons. The zero-order valence-electron chi connectivity index (χ0n) is 8.10. The second-order valence-electron chi connectivity index (χ2n) is 2.88. The molecule has 0 heterocycles. The minimum Gasteiger partial charge on any atom is -0.509 e. The molecule has 0 fully saturated rings. The van der Waals surface area contributed by atoms with E-state index in [0.717, 1.165) is 5.56 Å². The quantitative estimate of drug-likeness (QED) is 0.723. The van der Waals surface area contributed by atoms with Crippen molar-refractivity contribution in [3.8, 4) is 5.75 Å². The van der Waals surface area contributed by atoms with E-state index in [-0.39, 0.29) is 12.4 Å². The van der Waals surface area contributed by atoms with Crippen molar-refractivity contribution in [1.29, 1.82) is 0 Å². The zero-order valence-corrected chi connectivity index (χ0v) is 8.10. The fourth-order valence-corrected chi connectivity index (χ4v) is 0.893. The van der Waals surface area contributed by atoms with Gasteiger partial charge in [-0.2, -0.15) is 0 Å². The maximum absolute atomic E-state index is 9.12. The summed E-state index contributed by atoms with van der Waals surface area (Å²) in [6.07, 6.45) is 1.86. The number of hydrogen-bond acceptors (Lipinski definition) is 3. The Hall–Kier alpha value is -1.48. The van der Waals surface area contributed by atoms with Gasteiger partial charge in [0.25, 0.3) is 0 Å². The lowest BCUT2D eigenvalue weighted by atomic mass is 10.2. The van der Waals surface area contributed by atoms with Crippen molar-refractivity contribution in [1.82, 2.24) is 0 Å². The standard InChI is InChI=1S/C11H14O3/c1-2-10(13)8-14-11-5-3-9(7-12)4-6-11/h3-6,8,12-13H,2,7H2,1H3. The summed E-state index contributed by atoms with van der Waals surface area (Å²) in [5.41, 5.74) is 0.834. The second kappa shape index (κ2) is 5.29. The average molecular weight is 194 g/mol. The second-order valence-corrected chi connectivity index (χ2v) is 2.88. The van der Waals surface area contributed by atoms with Crippen molar-refractivity contribution in [2.45, 2.75) is 20.0 Å². The molecule has 0 bridgehead atoms. The summed E-state index contributed by atoms with van der Waals surface area (Å²) >= 11 is 0. The Kier molecular flexibility index (Phi) is 4.01. The summed E-state index contributed by atoms with van der Waals surface area (Å²) in [6.45, 7) is 1.86. The van der Waals surface area contributed by atoms with Gasteiger partial charge >= 0.3 is 0 Å². The molecule has 3 nitrogen and oxygen atoms in total. The first-order valence-corrected chi connectivity index (χ1v) is 4.50. The number of aliphatic hydroxyl groups is 2. The molecular formula is C11H14O3. The summed E-state index contributed by atoms with van der Waals surface area (Å²) in [6, 6.07) is 7.02. The molecule has 0 radical (unpaired) electrons. The van der Waals surface area contributed by atoms with Gasteiger partial charge in [-0.3, -0.25) is 0 Å². The van der Waals surface area contributed by atoms with Gasteiger partial charge < -0.3 is 14.9 Å². The summed E-state index contributed by atoms with van der Waals surface area (Å²) in [7, 11) is 0. The van der Waals surface area contributed by atoms with Crippen LogP contribution in [-0.2, 0) is 6.61 Å². The molecule has 1 aromatic rings. The largest absolute Gasteiger partial charge is 0.509 e. The fraction of sp³-hybridized carbons (Fsp3) is 0.273. The van der Waals surface area contributed by atoms with E-state index in [1.54, 1.807) is 24.3 Å².